The molecule has 3 heteroatoms. The van der Waals surface area contributed by atoms with Crippen LogP contribution < -0.4 is 0 Å². The third kappa shape index (κ3) is 2.06. The molecule has 2 rings (SSSR count). The third-order valence-corrected chi connectivity index (χ3v) is 3.58. The van der Waals surface area contributed by atoms with E-state index in [4.69, 9.17) is 0 Å². The maximum absolute atomic E-state index is 10.8. The van der Waals surface area contributed by atoms with Crippen molar-refractivity contribution in [3.8, 4) is 5.69 Å². The van der Waals surface area contributed by atoms with E-state index in [9.17, 15) is 5.11 Å². The van der Waals surface area contributed by atoms with Crippen LogP contribution in [0.3, 0.4) is 0 Å². The monoisotopic (exact) mass is 244 g/mol. The highest BCUT2D eigenvalue weighted by atomic mass is 16.3. The van der Waals surface area contributed by atoms with E-state index in [2.05, 4.69) is 5.10 Å². The second-order valence-corrected chi connectivity index (χ2v) is 4.90. The van der Waals surface area contributed by atoms with E-state index in [1.54, 1.807) is 6.20 Å². The lowest BCUT2D eigenvalue weighted by atomic mass is 9.84. The minimum Gasteiger partial charge on any atom is -0.383 e. The van der Waals surface area contributed by atoms with Crippen LogP contribution in [-0.2, 0) is 5.60 Å². The predicted octanol–water partition coefficient (Wildman–Crippen LogP) is 3.13. The lowest BCUT2D eigenvalue weighted by Gasteiger charge is -2.31. The zero-order valence-corrected chi connectivity index (χ0v) is 11.2. The van der Waals surface area contributed by atoms with Gasteiger partial charge in [0, 0.05) is 6.20 Å². The molecule has 1 aromatic heterocycles. The average Bonchev–Trinajstić information content (AvgIpc) is 2.88. The maximum atomic E-state index is 10.8. The second kappa shape index (κ2) is 4.94. The van der Waals surface area contributed by atoms with E-state index < -0.39 is 5.60 Å². The van der Waals surface area contributed by atoms with Crippen molar-refractivity contribution in [2.75, 3.05) is 0 Å². The summed E-state index contributed by atoms with van der Waals surface area (Å²) >= 11 is 0. The number of hydrogen-bond acceptors (Lipinski definition) is 2. The van der Waals surface area contributed by atoms with Gasteiger partial charge in [0.1, 0.15) is 5.60 Å². The van der Waals surface area contributed by atoms with Gasteiger partial charge in [-0.15, -0.1) is 0 Å². The summed E-state index contributed by atoms with van der Waals surface area (Å²) in [5, 5.41) is 15.2. The van der Waals surface area contributed by atoms with Gasteiger partial charge in [-0.1, -0.05) is 39.0 Å². The average molecular weight is 244 g/mol. The summed E-state index contributed by atoms with van der Waals surface area (Å²) in [4.78, 5) is 0. The fourth-order valence-corrected chi connectivity index (χ4v) is 2.29. The molecule has 3 nitrogen and oxygen atoms in total. The van der Waals surface area contributed by atoms with Crippen molar-refractivity contribution in [1.82, 2.24) is 9.78 Å². The van der Waals surface area contributed by atoms with Crippen LogP contribution in [0.25, 0.3) is 5.69 Å². The Kier molecular flexibility index (Phi) is 3.53. The summed E-state index contributed by atoms with van der Waals surface area (Å²) in [6.07, 6.45) is 2.41. The fraction of sp³-hybridized carbons (Fsp3) is 0.400. The molecule has 1 heterocycles. The van der Waals surface area contributed by atoms with Crippen LogP contribution in [0.4, 0.5) is 0 Å². The van der Waals surface area contributed by atoms with Crippen molar-refractivity contribution in [2.24, 2.45) is 5.92 Å². The number of para-hydroxylation sites is 1. The molecule has 96 valence electrons. The molecular weight excluding hydrogens is 224 g/mol. The van der Waals surface area contributed by atoms with E-state index in [1.165, 1.54) is 0 Å². The molecule has 0 fully saturated rings. The zero-order chi connectivity index (χ0) is 13.2. The topological polar surface area (TPSA) is 38.1 Å². The molecule has 0 radical (unpaired) electrons. The highest BCUT2D eigenvalue weighted by Gasteiger charge is 2.34. The molecular formula is C15H20N2O. The normalized spacial score (nSPS) is 14.7. The van der Waals surface area contributed by atoms with Gasteiger partial charge in [0.15, 0.2) is 0 Å². The van der Waals surface area contributed by atoms with E-state index in [0.29, 0.717) is 6.42 Å². The summed E-state index contributed by atoms with van der Waals surface area (Å²) in [6, 6.07) is 11.8. The number of aromatic nitrogens is 2. The molecule has 0 aliphatic carbocycles. The van der Waals surface area contributed by atoms with Crippen molar-refractivity contribution in [3.05, 3.63) is 48.3 Å². The molecule has 18 heavy (non-hydrogen) atoms. The lowest BCUT2D eigenvalue weighted by Crippen LogP contribution is -2.33. The Labute approximate surface area is 108 Å². The minimum absolute atomic E-state index is 0.140. The Morgan fingerprint density at radius 3 is 2.44 bits per heavy atom. The van der Waals surface area contributed by atoms with Gasteiger partial charge in [0.05, 0.1) is 11.4 Å². The van der Waals surface area contributed by atoms with Crippen LogP contribution in [0.15, 0.2) is 42.6 Å². The maximum Gasteiger partial charge on any atom is 0.109 e. The summed E-state index contributed by atoms with van der Waals surface area (Å²) in [6.45, 7) is 6.07. The fourth-order valence-electron chi connectivity index (χ4n) is 2.29. The molecule has 0 amide bonds. The van der Waals surface area contributed by atoms with Crippen LogP contribution in [0.1, 0.15) is 32.9 Å². The zero-order valence-electron chi connectivity index (χ0n) is 11.2. The summed E-state index contributed by atoms with van der Waals surface area (Å²) in [5.41, 5.74) is 0.989. The van der Waals surface area contributed by atoms with Crippen molar-refractivity contribution < 1.29 is 5.11 Å². The molecule has 0 bridgehead atoms. The Morgan fingerprint density at radius 2 is 1.89 bits per heavy atom. The van der Waals surface area contributed by atoms with Gasteiger partial charge >= 0.3 is 0 Å². The molecule has 0 spiro atoms. The lowest BCUT2D eigenvalue weighted by molar-refractivity contribution is -0.0201. The van der Waals surface area contributed by atoms with Gasteiger partial charge < -0.3 is 5.11 Å². The predicted molar refractivity (Wildman–Crippen MR) is 72.6 cm³/mol. The third-order valence-electron chi connectivity index (χ3n) is 3.58. The first kappa shape index (κ1) is 12.8. The van der Waals surface area contributed by atoms with Crippen molar-refractivity contribution in [1.29, 1.82) is 0 Å². The Bertz CT molecular complexity index is 504. The van der Waals surface area contributed by atoms with E-state index in [-0.39, 0.29) is 5.92 Å². The van der Waals surface area contributed by atoms with Crippen LogP contribution in [0, 0.1) is 5.92 Å². The van der Waals surface area contributed by atoms with Crippen molar-refractivity contribution in [3.63, 3.8) is 0 Å². The van der Waals surface area contributed by atoms with E-state index >= 15 is 0 Å². The molecule has 0 saturated heterocycles. The molecule has 1 atom stereocenters. The highest BCUT2D eigenvalue weighted by Crippen LogP contribution is 2.33. The van der Waals surface area contributed by atoms with Gasteiger partial charge in [-0.25, -0.2) is 4.68 Å². The number of hydrogen-bond donors (Lipinski definition) is 1. The second-order valence-electron chi connectivity index (χ2n) is 4.90. The van der Waals surface area contributed by atoms with Crippen molar-refractivity contribution >= 4 is 0 Å². The smallest absolute Gasteiger partial charge is 0.109 e. The van der Waals surface area contributed by atoms with Crippen LogP contribution in [0.5, 0.6) is 0 Å². The summed E-state index contributed by atoms with van der Waals surface area (Å²) in [5.74, 6) is 0.140. The first-order valence-corrected chi connectivity index (χ1v) is 6.42. The SMILES string of the molecule is CCC(O)(c1ccnn1-c1ccccc1)C(C)C. The number of rotatable bonds is 4. The van der Waals surface area contributed by atoms with E-state index in [0.717, 1.165) is 11.4 Å². The number of benzene rings is 1. The molecule has 0 aliphatic heterocycles. The molecule has 1 N–H and O–H groups in total. The van der Waals surface area contributed by atoms with Gasteiger partial charge in [-0.2, -0.15) is 5.10 Å². The first-order valence-electron chi connectivity index (χ1n) is 6.42. The number of aliphatic hydroxyl groups is 1. The highest BCUT2D eigenvalue weighted by molar-refractivity contribution is 5.34. The van der Waals surface area contributed by atoms with Gasteiger partial charge in [-0.3, -0.25) is 0 Å². The standard InChI is InChI=1S/C15H20N2O/c1-4-15(18,12(2)3)14-10-11-16-17(14)13-8-6-5-7-9-13/h5-12,18H,4H2,1-3H3. The van der Waals surface area contributed by atoms with E-state index in [1.807, 2.05) is 61.9 Å². The largest absolute Gasteiger partial charge is 0.383 e. The van der Waals surface area contributed by atoms with Gasteiger partial charge in [0.2, 0.25) is 0 Å². The van der Waals surface area contributed by atoms with Gasteiger partial charge in [-0.05, 0) is 30.5 Å². The van der Waals surface area contributed by atoms with Gasteiger partial charge in [0.25, 0.3) is 0 Å². The summed E-state index contributed by atoms with van der Waals surface area (Å²) < 4.78 is 1.82. The Hall–Kier alpha value is -1.61. The molecule has 0 saturated carbocycles. The molecule has 1 aromatic carbocycles. The molecule has 1 unspecified atom stereocenters. The molecule has 0 aliphatic rings. The first-order chi connectivity index (χ1) is 8.59. The Balaban J connectivity index is 2.52. The number of nitrogens with zero attached hydrogens (tertiary/aromatic N) is 2. The van der Waals surface area contributed by atoms with Crippen LogP contribution >= 0.6 is 0 Å². The summed E-state index contributed by atoms with van der Waals surface area (Å²) in [7, 11) is 0. The Morgan fingerprint density at radius 1 is 1.22 bits per heavy atom. The van der Waals surface area contributed by atoms with Crippen LogP contribution in [0.2, 0.25) is 0 Å². The van der Waals surface area contributed by atoms with Crippen molar-refractivity contribution in [2.45, 2.75) is 32.8 Å². The molecule has 2 aromatic rings. The minimum atomic E-state index is -0.841. The quantitative estimate of drug-likeness (QED) is 0.897. The van der Waals surface area contributed by atoms with Crippen LogP contribution in [-0.4, -0.2) is 14.9 Å².